The molecule has 0 radical (unpaired) electrons. The van der Waals surface area contributed by atoms with Crippen LogP contribution in [0.4, 0.5) is 11.5 Å². The lowest BCUT2D eigenvalue weighted by Crippen LogP contribution is -2.28. The molecule has 1 saturated heterocycles. The highest BCUT2D eigenvalue weighted by molar-refractivity contribution is 6.31. The Labute approximate surface area is 168 Å². The summed E-state index contributed by atoms with van der Waals surface area (Å²) in [7, 11) is 0. The molecular formula is C20H24ClN7. The van der Waals surface area contributed by atoms with Crippen LogP contribution in [0.15, 0.2) is 24.8 Å². The van der Waals surface area contributed by atoms with Crippen molar-refractivity contribution >= 4 is 34.3 Å². The Balaban J connectivity index is 1.62. The third-order valence-corrected chi connectivity index (χ3v) is 6.31. The maximum Gasteiger partial charge on any atom is 0.165 e. The zero-order chi connectivity index (χ0) is 19.3. The number of aromatic nitrogens is 4. The summed E-state index contributed by atoms with van der Waals surface area (Å²) in [6.45, 7) is 2.49. The van der Waals surface area contributed by atoms with E-state index >= 15 is 0 Å². The zero-order valence-electron chi connectivity index (χ0n) is 15.7. The van der Waals surface area contributed by atoms with Gasteiger partial charge in [0.25, 0.3) is 0 Å². The van der Waals surface area contributed by atoms with Crippen molar-refractivity contribution < 1.29 is 0 Å². The van der Waals surface area contributed by atoms with Crippen molar-refractivity contribution in [1.82, 2.24) is 19.5 Å². The van der Waals surface area contributed by atoms with Crippen LogP contribution >= 0.6 is 11.6 Å². The summed E-state index contributed by atoms with van der Waals surface area (Å²) in [6.07, 6.45) is 8.00. The fourth-order valence-corrected chi connectivity index (χ4v) is 4.59. The molecule has 0 spiro atoms. The normalized spacial score (nSPS) is 20.1. The van der Waals surface area contributed by atoms with Crippen LogP contribution in [-0.4, -0.2) is 38.7 Å². The topological polar surface area (TPSA) is 98.9 Å². The van der Waals surface area contributed by atoms with Gasteiger partial charge in [0.05, 0.1) is 12.9 Å². The molecule has 3 heterocycles. The number of halogens is 1. The zero-order valence-corrected chi connectivity index (χ0v) is 16.4. The van der Waals surface area contributed by atoms with Gasteiger partial charge in [-0.25, -0.2) is 15.0 Å². The van der Waals surface area contributed by atoms with Crippen LogP contribution in [-0.2, 0) is 6.54 Å². The number of nitrogens with zero attached hydrogens (tertiary/aromatic N) is 5. The minimum Gasteiger partial charge on any atom is -0.382 e. The summed E-state index contributed by atoms with van der Waals surface area (Å²) in [5.41, 5.74) is 17.4. The van der Waals surface area contributed by atoms with E-state index in [0.717, 1.165) is 30.2 Å². The molecule has 1 unspecified atom stereocenters. The summed E-state index contributed by atoms with van der Waals surface area (Å²) in [6, 6.07) is 4.43. The van der Waals surface area contributed by atoms with Crippen LogP contribution in [0.1, 0.15) is 42.7 Å². The molecule has 7 nitrogen and oxygen atoms in total. The molecule has 2 aliphatic rings. The van der Waals surface area contributed by atoms with Crippen LogP contribution in [0.5, 0.6) is 0 Å². The van der Waals surface area contributed by atoms with Gasteiger partial charge in [-0.1, -0.05) is 18.0 Å². The van der Waals surface area contributed by atoms with Crippen molar-refractivity contribution in [3.05, 3.63) is 40.9 Å². The molecule has 8 heteroatoms. The highest BCUT2D eigenvalue weighted by atomic mass is 35.5. The van der Waals surface area contributed by atoms with Crippen molar-refractivity contribution in [1.29, 1.82) is 0 Å². The van der Waals surface area contributed by atoms with E-state index in [1.165, 1.54) is 42.4 Å². The number of hydrogen-bond donors (Lipinski definition) is 2. The van der Waals surface area contributed by atoms with Crippen molar-refractivity contribution in [2.24, 2.45) is 5.73 Å². The Kier molecular flexibility index (Phi) is 4.36. The fraction of sp³-hybridized carbons (Fsp3) is 0.450. The number of imidazole rings is 1. The summed E-state index contributed by atoms with van der Waals surface area (Å²) < 4.78 is 2.05. The van der Waals surface area contributed by atoms with Gasteiger partial charge in [-0.3, -0.25) is 0 Å². The molecule has 0 amide bonds. The SMILES string of the molecule is Nc1ncnc2c1ncn2Cc1c(C2CCC2)cc(Cl)cc1N1CCC(N)C1. The van der Waals surface area contributed by atoms with Gasteiger partial charge in [0.15, 0.2) is 11.5 Å². The van der Waals surface area contributed by atoms with E-state index in [2.05, 4.69) is 36.6 Å². The molecule has 3 aromatic rings. The third kappa shape index (κ3) is 2.99. The van der Waals surface area contributed by atoms with E-state index in [-0.39, 0.29) is 6.04 Å². The summed E-state index contributed by atoms with van der Waals surface area (Å²) in [5.74, 6) is 0.975. The first-order valence-corrected chi connectivity index (χ1v) is 10.2. The van der Waals surface area contributed by atoms with Crippen LogP contribution in [0.25, 0.3) is 11.2 Å². The average Bonchev–Trinajstić information content (AvgIpc) is 3.23. The molecule has 4 N–H and O–H groups in total. The Morgan fingerprint density at radius 2 is 2.00 bits per heavy atom. The quantitative estimate of drug-likeness (QED) is 0.702. The monoisotopic (exact) mass is 397 g/mol. The molecule has 0 bridgehead atoms. The molecule has 28 heavy (non-hydrogen) atoms. The van der Waals surface area contributed by atoms with Gasteiger partial charge in [-0.2, -0.15) is 0 Å². The maximum atomic E-state index is 6.55. The molecule has 1 aliphatic carbocycles. The summed E-state index contributed by atoms with van der Waals surface area (Å²) in [5, 5.41) is 0.795. The largest absolute Gasteiger partial charge is 0.382 e. The second-order valence-corrected chi connectivity index (χ2v) is 8.36. The lowest BCUT2D eigenvalue weighted by molar-refractivity contribution is 0.416. The molecule has 5 rings (SSSR count). The van der Waals surface area contributed by atoms with Crippen LogP contribution < -0.4 is 16.4 Å². The standard InChI is InChI=1S/C20H24ClN7/c21-13-6-15(12-2-1-3-12)16(17(7-13)27-5-4-14(22)8-27)9-28-11-26-18-19(23)24-10-25-20(18)28/h6-7,10-12,14H,1-5,8-9,22H2,(H2,23,24,25). The predicted molar refractivity (Wildman–Crippen MR) is 112 cm³/mol. The maximum absolute atomic E-state index is 6.55. The first-order valence-electron chi connectivity index (χ1n) is 9.84. The third-order valence-electron chi connectivity index (χ3n) is 6.09. The second kappa shape index (κ2) is 6.90. The van der Waals surface area contributed by atoms with Crippen molar-refractivity contribution in [3.63, 3.8) is 0 Å². The van der Waals surface area contributed by atoms with Crippen LogP contribution in [0.3, 0.4) is 0 Å². The second-order valence-electron chi connectivity index (χ2n) is 7.92. The first-order chi connectivity index (χ1) is 13.6. The van der Waals surface area contributed by atoms with E-state index < -0.39 is 0 Å². The van der Waals surface area contributed by atoms with Crippen molar-refractivity contribution in [3.8, 4) is 0 Å². The highest BCUT2D eigenvalue weighted by Crippen LogP contribution is 2.43. The van der Waals surface area contributed by atoms with Crippen molar-refractivity contribution in [2.75, 3.05) is 23.7 Å². The predicted octanol–water partition coefficient (Wildman–Crippen LogP) is 2.92. The number of anilines is 2. The highest BCUT2D eigenvalue weighted by Gasteiger charge is 2.28. The van der Waals surface area contributed by atoms with Gasteiger partial charge >= 0.3 is 0 Å². The lowest BCUT2D eigenvalue weighted by Gasteiger charge is -2.32. The van der Waals surface area contributed by atoms with Gasteiger partial charge in [-0.05, 0) is 48.4 Å². The van der Waals surface area contributed by atoms with Gasteiger partial charge in [0.2, 0.25) is 0 Å². The minimum atomic E-state index is 0.209. The number of nitrogens with two attached hydrogens (primary N) is 2. The first kappa shape index (κ1) is 17.7. The molecule has 1 aromatic carbocycles. The van der Waals surface area contributed by atoms with Crippen LogP contribution in [0.2, 0.25) is 5.02 Å². The Hall–Kier alpha value is -2.38. The molecule has 1 atom stereocenters. The lowest BCUT2D eigenvalue weighted by atomic mass is 9.77. The number of fused-ring (bicyclic) bond motifs is 1. The van der Waals surface area contributed by atoms with Gasteiger partial charge in [-0.15, -0.1) is 0 Å². The van der Waals surface area contributed by atoms with Gasteiger partial charge < -0.3 is 20.9 Å². The smallest absolute Gasteiger partial charge is 0.165 e. The summed E-state index contributed by atoms with van der Waals surface area (Å²) in [4.78, 5) is 15.3. The Morgan fingerprint density at radius 1 is 1.14 bits per heavy atom. The molecule has 146 valence electrons. The van der Waals surface area contributed by atoms with E-state index in [9.17, 15) is 0 Å². The van der Waals surface area contributed by atoms with E-state index in [4.69, 9.17) is 23.1 Å². The number of nitrogen functional groups attached to an aromatic ring is 1. The average molecular weight is 398 g/mol. The van der Waals surface area contributed by atoms with Crippen molar-refractivity contribution in [2.45, 2.75) is 44.2 Å². The van der Waals surface area contributed by atoms with E-state index in [1.807, 2.05) is 0 Å². The molecule has 1 saturated carbocycles. The summed E-state index contributed by atoms with van der Waals surface area (Å²) >= 11 is 6.55. The molecule has 2 fully saturated rings. The minimum absolute atomic E-state index is 0.209. The Bertz CT molecular complexity index is 1030. The number of rotatable bonds is 4. The molecular weight excluding hydrogens is 374 g/mol. The van der Waals surface area contributed by atoms with Crippen LogP contribution in [0, 0.1) is 0 Å². The van der Waals surface area contributed by atoms with Gasteiger partial charge in [0, 0.05) is 29.8 Å². The molecule has 2 aromatic heterocycles. The van der Waals surface area contributed by atoms with Gasteiger partial charge in [0.1, 0.15) is 11.8 Å². The van der Waals surface area contributed by atoms with E-state index in [1.54, 1.807) is 6.33 Å². The number of hydrogen-bond acceptors (Lipinski definition) is 6. The Morgan fingerprint density at radius 3 is 2.71 bits per heavy atom. The van der Waals surface area contributed by atoms with E-state index in [0.29, 0.717) is 23.8 Å². The molecule has 1 aliphatic heterocycles. The fourth-order valence-electron chi connectivity index (χ4n) is 4.37. The number of benzene rings is 1.